The number of aryl methyl sites for hydroxylation is 1. The molecule has 3 rings (SSSR count). The molecule has 6 heteroatoms. The number of carbonyl (C=O) groups is 1. The van der Waals surface area contributed by atoms with Crippen molar-refractivity contribution in [3.63, 3.8) is 0 Å². The summed E-state index contributed by atoms with van der Waals surface area (Å²) in [6.07, 6.45) is 3.13. The minimum atomic E-state index is -3.26. The van der Waals surface area contributed by atoms with E-state index in [4.69, 9.17) is 4.74 Å². The van der Waals surface area contributed by atoms with Gasteiger partial charge in [0.2, 0.25) is 0 Å². The van der Waals surface area contributed by atoms with E-state index in [0.717, 1.165) is 30.4 Å². The van der Waals surface area contributed by atoms with E-state index < -0.39 is 9.84 Å². The SMILES string of the molecule is Cc1ccccc1OCC1CCCN(C(=O)c2ccc(S(C)(=O)=O)cc2)C1. The Hall–Kier alpha value is -2.34. The van der Waals surface area contributed by atoms with Crippen molar-refractivity contribution in [2.45, 2.75) is 24.7 Å². The van der Waals surface area contributed by atoms with Crippen molar-refractivity contribution >= 4 is 15.7 Å². The highest BCUT2D eigenvalue weighted by Crippen LogP contribution is 2.22. The molecule has 0 saturated carbocycles. The molecule has 1 aliphatic heterocycles. The summed E-state index contributed by atoms with van der Waals surface area (Å²) in [7, 11) is -3.26. The monoisotopic (exact) mass is 387 g/mol. The standard InChI is InChI=1S/C21H25NO4S/c1-16-6-3-4-8-20(16)26-15-17-7-5-13-22(14-17)21(23)18-9-11-19(12-10-18)27(2,24)25/h3-4,6,8-12,17H,5,7,13-15H2,1-2H3. The lowest BCUT2D eigenvalue weighted by atomic mass is 9.98. The number of hydrogen-bond donors (Lipinski definition) is 0. The van der Waals surface area contributed by atoms with Gasteiger partial charge in [-0.3, -0.25) is 4.79 Å². The summed E-state index contributed by atoms with van der Waals surface area (Å²) >= 11 is 0. The summed E-state index contributed by atoms with van der Waals surface area (Å²) in [5.74, 6) is 1.12. The molecule has 5 nitrogen and oxygen atoms in total. The summed E-state index contributed by atoms with van der Waals surface area (Å²) in [6, 6.07) is 14.1. The van der Waals surface area contributed by atoms with Gasteiger partial charge in [0.15, 0.2) is 9.84 Å². The van der Waals surface area contributed by atoms with Gasteiger partial charge in [0, 0.05) is 30.8 Å². The number of nitrogens with zero attached hydrogens (tertiary/aromatic N) is 1. The van der Waals surface area contributed by atoms with E-state index in [1.807, 2.05) is 36.1 Å². The Balaban J connectivity index is 1.62. The van der Waals surface area contributed by atoms with Gasteiger partial charge in [0.05, 0.1) is 11.5 Å². The second-order valence-electron chi connectivity index (χ2n) is 7.13. The molecule has 1 amide bonds. The fourth-order valence-corrected chi connectivity index (χ4v) is 3.97. The molecular weight excluding hydrogens is 362 g/mol. The largest absolute Gasteiger partial charge is 0.493 e. The predicted molar refractivity (Wildman–Crippen MR) is 105 cm³/mol. The number of likely N-dealkylation sites (tertiary alicyclic amines) is 1. The Kier molecular flexibility index (Phi) is 5.85. The maximum absolute atomic E-state index is 12.8. The quantitative estimate of drug-likeness (QED) is 0.789. The zero-order chi connectivity index (χ0) is 19.4. The molecule has 1 fully saturated rings. The van der Waals surface area contributed by atoms with E-state index in [1.54, 1.807) is 12.1 Å². The lowest BCUT2D eigenvalue weighted by Crippen LogP contribution is -2.41. The van der Waals surface area contributed by atoms with E-state index in [9.17, 15) is 13.2 Å². The average Bonchev–Trinajstić information content (AvgIpc) is 2.66. The molecule has 0 N–H and O–H groups in total. The molecule has 1 heterocycles. The van der Waals surface area contributed by atoms with Gasteiger partial charge < -0.3 is 9.64 Å². The van der Waals surface area contributed by atoms with Gasteiger partial charge in [-0.1, -0.05) is 18.2 Å². The van der Waals surface area contributed by atoms with Crippen molar-refractivity contribution in [1.29, 1.82) is 0 Å². The van der Waals surface area contributed by atoms with Crippen molar-refractivity contribution in [3.8, 4) is 5.75 Å². The molecule has 144 valence electrons. The second kappa shape index (κ2) is 8.13. The molecule has 0 aromatic heterocycles. The topological polar surface area (TPSA) is 63.7 Å². The van der Waals surface area contributed by atoms with Crippen LogP contribution < -0.4 is 4.74 Å². The minimum Gasteiger partial charge on any atom is -0.493 e. The zero-order valence-corrected chi connectivity index (χ0v) is 16.5. The summed E-state index contributed by atoms with van der Waals surface area (Å²) in [6.45, 7) is 3.97. The third kappa shape index (κ3) is 4.89. The maximum Gasteiger partial charge on any atom is 0.253 e. The summed E-state index contributed by atoms with van der Waals surface area (Å²) in [5.41, 5.74) is 1.62. The first kappa shape index (κ1) is 19.4. The van der Waals surface area contributed by atoms with Crippen molar-refractivity contribution in [2.24, 2.45) is 5.92 Å². The van der Waals surface area contributed by atoms with Gasteiger partial charge >= 0.3 is 0 Å². The summed E-state index contributed by atoms with van der Waals surface area (Å²) in [4.78, 5) is 14.8. The lowest BCUT2D eigenvalue weighted by Gasteiger charge is -2.33. The Morgan fingerprint density at radius 2 is 1.85 bits per heavy atom. The molecule has 0 spiro atoms. The van der Waals surface area contributed by atoms with Crippen LogP contribution in [0.2, 0.25) is 0 Å². The van der Waals surface area contributed by atoms with Crippen molar-refractivity contribution in [3.05, 3.63) is 59.7 Å². The number of benzene rings is 2. The Morgan fingerprint density at radius 1 is 1.15 bits per heavy atom. The predicted octanol–water partition coefficient (Wildman–Crippen LogP) is 3.33. The molecule has 1 unspecified atom stereocenters. The maximum atomic E-state index is 12.8. The van der Waals surface area contributed by atoms with E-state index >= 15 is 0 Å². The number of amides is 1. The first-order chi connectivity index (χ1) is 12.8. The highest BCUT2D eigenvalue weighted by atomic mass is 32.2. The average molecular weight is 388 g/mol. The molecule has 1 saturated heterocycles. The van der Waals surface area contributed by atoms with E-state index in [1.165, 1.54) is 12.1 Å². The van der Waals surface area contributed by atoms with Gasteiger partial charge in [-0.05, 0) is 55.7 Å². The van der Waals surface area contributed by atoms with Crippen LogP contribution in [-0.2, 0) is 9.84 Å². The van der Waals surface area contributed by atoms with Crippen LogP contribution in [0.3, 0.4) is 0 Å². The van der Waals surface area contributed by atoms with Crippen molar-refractivity contribution in [1.82, 2.24) is 4.90 Å². The van der Waals surface area contributed by atoms with Gasteiger partial charge in [0.25, 0.3) is 5.91 Å². The summed E-state index contributed by atoms with van der Waals surface area (Å²) < 4.78 is 29.1. The highest BCUT2D eigenvalue weighted by molar-refractivity contribution is 7.90. The molecular formula is C21H25NO4S. The molecule has 0 bridgehead atoms. The van der Waals surface area contributed by atoms with Gasteiger partial charge in [0.1, 0.15) is 5.75 Å². The van der Waals surface area contributed by atoms with Gasteiger partial charge in [-0.2, -0.15) is 0 Å². The Labute approximate surface area is 160 Å². The van der Waals surface area contributed by atoms with Crippen LogP contribution in [0.25, 0.3) is 0 Å². The van der Waals surface area contributed by atoms with Gasteiger partial charge in [-0.25, -0.2) is 8.42 Å². The highest BCUT2D eigenvalue weighted by Gasteiger charge is 2.25. The molecule has 1 atom stereocenters. The number of ether oxygens (including phenoxy) is 1. The normalized spacial score (nSPS) is 17.6. The molecule has 0 aliphatic carbocycles. The zero-order valence-electron chi connectivity index (χ0n) is 15.7. The van der Waals surface area contributed by atoms with Crippen LogP contribution in [0.4, 0.5) is 0 Å². The smallest absolute Gasteiger partial charge is 0.253 e. The van der Waals surface area contributed by atoms with Crippen LogP contribution in [0.15, 0.2) is 53.4 Å². The number of rotatable bonds is 5. The van der Waals surface area contributed by atoms with Crippen LogP contribution in [-0.4, -0.2) is 45.2 Å². The molecule has 0 radical (unpaired) electrons. The number of piperidine rings is 1. The Morgan fingerprint density at radius 3 is 2.52 bits per heavy atom. The van der Waals surface area contributed by atoms with E-state index in [2.05, 4.69) is 0 Å². The number of sulfone groups is 1. The van der Waals surface area contributed by atoms with Gasteiger partial charge in [-0.15, -0.1) is 0 Å². The van der Waals surface area contributed by atoms with Crippen LogP contribution in [0, 0.1) is 12.8 Å². The number of carbonyl (C=O) groups excluding carboxylic acids is 1. The Bertz CT molecular complexity index is 906. The van der Waals surface area contributed by atoms with Crippen molar-refractivity contribution in [2.75, 3.05) is 26.0 Å². The minimum absolute atomic E-state index is 0.0596. The number of hydrogen-bond acceptors (Lipinski definition) is 4. The molecule has 2 aromatic rings. The summed E-state index contributed by atoms with van der Waals surface area (Å²) in [5, 5.41) is 0. The molecule has 1 aliphatic rings. The lowest BCUT2D eigenvalue weighted by molar-refractivity contribution is 0.0633. The fourth-order valence-electron chi connectivity index (χ4n) is 3.34. The van der Waals surface area contributed by atoms with E-state index in [0.29, 0.717) is 25.3 Å². The fraction of sp³-hybridized carbons (Fsp3) is 0.381. The third-order valence-electron chi connectivity index (χ3n) is 4.90. The number of para-hydroxylation sites is 1. The van der Waals surface area contributed by atoms with Crippen LogP contribution in [0.5, 0.6) is 5.75 Å². The molecule has 27 heavy (non-hydrogen) atoms. The van der Waals surface area contributed by atoms with Crippen LogP contribution in [0.1, 0.15) is 28.8 Å². The first-order valence-electron chi connectivity index (χ1n) is 9.12. The second-order valence-corrected chi connectivity index (χ2v) is 9.15. The van der Waals surface area contributed by atoms with Crippen LogP contribution >= 0.6 is 0 Å². The molecule has 2 aromatic carbocycles. The van der Waals surface area contributed by atoms with Crippen molar-refractivity contribution < 1.29 is 17.9 Å². The third-order valence-corrected chi connectivity index (χ3v) is 6.03. The first-order valence-corrected chi connectivity index (χ1v) is 11.0. The van der Waals surface area contributed by atoms with E-state index in [-0.39, 0.29) is 16.7 Å².